The van der Waals surface area contributed by atoms with Gasteiger partial charge in [-0.3, -0.25) is 14.5 Å². The van der Waals surface area contributed by atoms with Crippen LogP contribution in [0.25, 0.3) is 0 Å². The van der Waals surface area contributed by atoms with Crippen molar-refractivity contribution in [1.82, 2.24) is 20.4 Å². The van der Waals surface area contributed by atoms with Crippen LogP contribution >= 0.6 is 0 Å². The second kappa shape index (κ2) is 8.02. The van der Waals surface area contributed by atoms with Crippen LogP contribution in [0.4, 0.5) is 0 Å². The molecule has 0 aromatic rings. The van der Waals surface area contributed by atoms with Crippen LogP contribution in [0.5, 0.6) is 0 Å². The van der Waals surface area contributed by atoms with Crippen molar-refractivity contribution in [1.29, 1.82) is 0 Å². The van der Waals surface area contributed by atoms with Gasteiger partial charge in [0, 0.05) is 52.4 Å². The average molecular weight is 257 g/mol. The van der Waals surface area contributed by atoms with E-state index in [2.05, 4.69) is 27.5 Å². The molecule has 1 aliphatic rings. The van der Waals surface area contributed by atoms with E-state index >= 15 is 0 Å². The fraction of sp³-hybridized carbons (Fsp3) is 0.818. The maximum Gasteiger partial charge on any atom is 0.309 e. The Morgan fingerprint density at radius 2 is 1.61 bits per heavy atom. The lowest BCUT2D eigenvalue weighted by Gasteiger charge is -2.32. The predicted molar refractivity (Wildman–Crippen MR) is 69.0 cm³/mol. The quantitative estimate of drug-likeness (QED) is 0.471. The minimum absolute atomic E-state index is 0.324. The van der Waals surface area contributed by atoms with Crippen LogP contribution in [0, 0.1) is 0 Å². The molecule has 0 radical (unpaired) electrons. The standard InChI is InChI=1S/C11H23N5O2/c1-15-6-8-16(9-7-15)5-4-14-11(18)10(17)13-3-2-12/h2-9,12H2,1H3,(H,13,17)(H,14,18). The molecule has 0 aromatic carbocycles. The van der Waals surface area contributed by atoms with Crippen LogP contribution in [0.15, 0.2) is 0 Å². The van der Waals surface area contributed by atoms with Gasteiger partial charge in [0.1, 0.15) is 0 Å². The number of likely N-dealkylation sites (N-methyl/N-ethyl adjacent to an activating group) is 1. The van der Waals surface area contributed by atoms with Crippen LogP contribution in [-0.4, -0.2) is 81.0 Å². The number of carbonyl (C=O) groups is 2. The minimum Gasteiger partial charge on any atom is -0.347 e. The van der Waals surface area contributed by atoms with E-state index in [0.29, 0.717) is 19.6 Å². The number of nitrogens with one attached hydrogen (secondary N) is 2. The van der Waals surface area contributed by atoms with Gasteiger partial charge in [-0.05, 0) is 7.05 Å². The van der Waals surface area contributed by atoms with Gasteiger partial charge < -0.3 is 21.3 Å². The molecule has 18 heavy (non-hydrogen) atoms. The Bertz CT molecular complexity index is 277. The van der Waals surface area contributed by atoms with Crippen LogP contribution in [0.1, 0.15) is 0 Å². The first-order valence-corrected chi connectivity index (χ1v) is 6.30. The van der Waals surface area contributed by atoms with Gasteiger partial charge in [0.25, 0.3) is 0 Å². The van der Waals surface area contributed by atoms with Gasteiger partial charge in [-0.1, -0.05) is 0 Å². The topological polar surface area (TPSA) is 90.7 Å². The van der Waals surface area contributed by atoms with E-state index in [-0.39, 0.29) is 0 Å². The average Bonchev–Trinajstić information content (AvgIpc) is 2.38. The lowest BCUT2D eigenvalue weighted by atomic mass is 10.3. The smallest absolute Gasteiger partial charge is 0.309 e. The van der Waals surface area contributed by atoms with Crippen molar-refractivity contribution in [3.05, 3.63) is 0 Å². The van der Waals surface area contributed by atoms with Gasteiger partial charge in [-0.2, -0.15) is 0 Å². The third-order valence-electron chi connectivity index (χ3n) is 2.95. The Morgan fingerprint density at radius 1 is 1.06 bits per heavy atom. The molecule has 0 spiro atoms. The molecule has 0 aliphatic carbocycles. The van der Waals surface area contributed by atoms with Crippen molar-refractivity contribution in [2.75, 3.05) is 59.4 Å². The molecule has 4 N–H and O–H groups in total. The molecular formula is C11H23N5O2. The van der Waals surface area contributed by atoms with E-state index in [9.17, 15) is 9.59 Å². The maximum absolute atomic E-state index is 11.4. The first kappa shape index (κ1) is 14.9. The molecule has 7 heteroatoms. The Kier molecular flexibility index (Phi) is 6.63. The highest BCUT2D eigenvalue weighted by atomic mass is 16.2. The van der Waals surface area contributed by atoms with Crippen molar-refractivity contribution < 1.29 is 9.59 Å². The van der Waals surface area contributed by atoms with Crippen molar-refractivity contribution in [2.24, 2.45) is 5.73 Å². The molecule has 7 nitrogen and oxygen atoms in total. The van der Waals surface area contributed by atoms with E-state index in [4.69, 9.17) is 5.73 Å². The summed E-state index contributed by atoms with van der Waals surface area (Å²) in [5.41, 5.74) is 5.23. The number of carbonyl (C=O) groups excluding carboxylic acids is 2. The fourth-order valence-corrected chi connectivity index (χ4v) is 1.75. The van der Waals surface area contributed by atoms with Crippen molar-refractivity contribution in [3.8, 4) is 0 Å². The molecule has 1 fully saturated rings. The molecule has 0 saturated carbocycles. The Hall–Kier alpha value is -1.18. The van der Waals surface area contributed by atoms with Crippen LogP contribution < -0.4 is 16.4 Å². The highest BCUT2D eigenvalue weighted by Crippen LogP contribution is 1.97. The second-order valence-electron chi connectivity index (χ2n) is 4.45. The number of nitrogens with zero attached hydrogens (tertiary/aromatic N) is 2. The summed E-state index contributed by atoms with van der Waals surface area (Å²) in [6.07, 6.45) is 0. The highest BCUT2D eigenvalue weighted by molar-refractivity contribution is 6.35. The van der Waals surface area contributed by atoms with Crippen LogP contribution in [-0.2, 0) is 9.59 Å². The Morgan fingerprint density at radius 3 is 2.17 bits per heavy atom. The molecule has 1 aliphatic heterocycles. The highest BCUT2D eigenvalue weighted by Gasteiger charge is 2.15. The summed E-state index contributed by atoms with van der Waals surface area (Å²) in [6, 6.07) is 0. The van der Waals surface area contributed by atoms with Gasteiger partial charge in [-0.15, -0.1) is 0 Å². The Balaban J connectivity index is 2.10. The number of hydrogen-bond acceptors (Lipinski definition) is 5. The zero-order chi connectivity index (χ0) is 13.4. The molecule has 0 atom stereocenters. The first-order chi connectivity index (χ1) is 8.63. The SMILES string of the molecule is CN1CCN(CCNC(=O)C(=O)NCCN)CC1. The van der Waals surface area contributed by atoms with Crippen LogP contribution in [0.2, 0.25) is 0 Å². The molecule has 2 amide bonds. The lowest BCUT2D eigenvalue weighted by Crippen LogP contribution is -2.48. The van der Waals surface area contributed by atoms with E-state index in [0.717, 1.165) is 32.7 Å². The van der Waals surface area contributed by atoms with E-state index in [1.54, 1.807) is 0 Å². The molecule has 0 unspecified atom stereocenters. The van der Waals surface area contributed by atoms with Gasteiger partial charge in [-0.25, -0.2) is 0 Å². The zero-order valence-electron chi connectivity index (χ0n) is 10.9. The monoisotopic (exact) mass is 257 g/mol. The largest absolute Gasteiger partial charge is 0.347 e. The second-order valence-corrected chi connectivity index (χ2v) is 4.45. The zero-order valence-corrected chi connectivity index (χ0v) is 10.9. The summed E-state index contributed by atoms with van der Waals surface area (Å²) in [5.74, 6) is -1.20. The summed E-state index contributed by atoms with van der Waals surface area (Å²) in [5, 5.41) is 5.03. The number of piperazine rings is 1. The van der Waals surface area contributed by atoms with Gasteiger partial charge in [0.15, 0.2) is 0 Å². The van der Waals surface area contributed by atoms with E-state index in [1.165, 1.54) is 0 Å². The molecule has 1 rings (SSSR count). The van der Waals surface area contributed by atoms with Crippen molar-refractivity contribution >= 4 is 11.8 Å². The van der Waals surface area contributed by atoms with Gasteiger partial charge in [0.2, 0.25) is 0 Å². The van der Waals surface area contributed by atoms with E-state index < -0.39 is 11.8 Å². The van der Waals surface area contributed by atoms with Crippen molar-refractivity contribution in [2.45, 2.75) is 0 Å². The third kappa shape index (κ3) is 5.44. The Labute approximate surface area is 108 Å². The van der Waals surface area contributed by atoms with Crippen molar-refractivity contribution in [3.63, 3.8) is 0 Å². The number of rotatable bonds is 5. The molecule has 0 aromatic heterocycles. The molecule has 104 valence electrons. The lowest BCUT2D eigenvalue weighted by molar-refractivity contribution is -0.139. The maximum atomic E-state index is 11.4. The number of nitrogens with two attached hydrogens (primary N) is 1. The number of amides is 2. The fourth-order valence-electron chi connectivity index (χ4n) is 1.75. The third-order valence-corrected chi connectivity index (χ3v) is 2.95. The summed E-state index contributed by atoms with van der Waals surface area (Å²) in [7, 11) is 2.10. The normalized spacial score (nSPS) is 17.4. The van der Waals surface area contributed by atoms with Gasteiger partial charge >= 0.3 is 11.8 Å². The summed E-state index contributed by atoms with van der Waals surface area (Å²) in [4.78, 5) is 27.1. The van der Waals surface area contributed by atoms with E-state index in [1.807, 2.05) is 0 Å². The summed E-state index contributed by atoms with van der Waals surface area (Å²) in [6.45, 7) is 6.04. The molecule has 0 bridgehead atoms. The minimum atomic E-state index is -0.612. The summed E-state index contributed by atoms with van der Waals surface area (Å²) < 4.78 is 0. The van der Waals surface area contributed by atoms with Crippen LogP contribution in [0.3, 0.4) is 0 Å². The predicted octanol–water partition coefficient (Wildman–Crippen LogP) is -2.58. The summed E-state index contributed by atoms with van der Waals surface area (Å²) >= 11 is 0. The molecule has 1 heterocycles. The molecule has 1 saturated heterocycles. The van der Waals surface area contributed by atoms with Gasteiger partial charge in [0.05, 0.1) is 0 Å². The molecular weight excluding hydrogens is 234 g/mol. The first-order valence-electron chi connectivity index (χ1n) is 6.30. The number of hydrogen-bond donors (Lipinski definition) is 3.